The summed E-state index contributed by atoms with van der Waals surface area (Å²) in [5.41, 5.74) is 1.22. The van der Waals surface area contributed by atoms with E-state index in [1.54, 1.807) is 30.3 Å². The summed E-state index contributed by atoms with van der Waals surface area (Å²) in [4.78, 5) is 32.6. The van der Waals surface area contributed by atoms with Gasteiger partial charge in [-0.2, -0.15) is 0 Å². The average molecular weight is 448 g/mol. The summed E-state index contributed by atoms with van der Waals surface area (Å²) in [6, 6.07) is 19.3. The second-order valence-corrected chi connectivity index (χ2v) is 7.93. The zero-order chi connectivity index (χ0) is 23.0. The first-order valence-electron chi connectivity index (χ1n) is 11.0. The maximum Gasteiger partial charge on any atom is 0.273 e. The van der Waals surface area contributed by atoms with Gasteiger partial charge in [0.05, 0.1) is 6.10 Å². The van der Waals surface area contributed by atoms with Crippen LogP contribution >= 0.6 is 0 Å². The lowest BCUT2D eigenvalue weighted by Crippen LogP contribution is -2.47. The fourth-order valence-electron chi connectivity index (χ4n) is 3.98. The summed E-state index contributed by atoms with van der Waals surface area (Å²) in [6.07, 6.45) is 2.93. The number of hydrogen-bond donors (Lipinski definition) is 1. The number of rotatable bonds is 8. The van der Waals surface area contributed by atoms with Crippen molar-refractivity contribution in [3.05, 3.63) is 102 Å². The number of carbonyl (C=O) groups is 2. The van der Waals surface area contributed by atoms with Crippen molar-refractivity contribution in [3.8, 4) is 0 Å². The van der Waals surface area contributed by atoms with Gasteiger partial charge in [-0.05, 0) is 36.6 Å². The van der Waals surface area contributed by atoms with Crippen LogP contribution in [0.15, 0.2) is 79.0 Å². The lowest BCUT2D eigenvalue weighted by molar-refractivity contribution is -0.126. The topological polar surface area (TPSA) is 71.5 Å². The van der Waals surface area contributed by atoms with Crippen molar-refractivity contribution < 1.29 is 18.7 Å². The Bertz CT molecular complexity index is 1070. The first kappa shape index (κ1) is 22.6. The predicted molar refractivity (Wildman–Crippen MR) is 122 cm³/mol. The summed E-state index contributed by atoms with van der Waals surface area (Å²) in [5, 5.41) is 2.88. The van der Waals surface area contributed by atoms with E-state index in [2.05, 4.69) is 10.3 Å². The third kappa shape index (κ3) is 5.62. The van der Waals surface area contributed by atoms with Gasteiger partial charge in [-0.1, -0.05) is 54.6 Å². The van der Waals surface area contributed by atoms with Crippen LogP contribution in [0.2, 0.25) is 0 Å². The van der Waals surface area contributed by atoms with Crippen LogP contribution in [0, 0.1) is 5.82 Å². The molecule has 33 heavy (non-hydrogen) atoms. The van der Waals surface area contributed by atoms with Crippen LogP contribution < -0.4 is 5.32 Å². The van der Waals surface area contributed by atoms with E-state index in [4.69, 9.17) is 4.74 Å². The second-order valence-electron chi connectivity index (χ2n) is 7.93. The Morgan fingerprint density at radius 1 is 1.06 bits per heavy atom. The molecule has 1 N–H and O–H groups in total. The molecule has 0 bridgehead atoms. The van der Waals surface area contributed by atoms with Crippen molar-refractivity contribution in [3.63, 3.8) is 0 Å². The van der Waals surface area contributed by atoms with E-state index in [1.165, 1.54) is 23.2 Å². The van der Waals surface area contributed by atoms with Crippen molar-refractivity contribution in [1.29, 1.82) is 0 Å². The first-order chi connectivity index (χ1) is 16.1. The number of amides is 2. The Morgan fingerprint density at radius 3 is 2.52 bits per heavy atom. The van der Waals surface area contributed by atoms with Gasteiger partial charge in [-0.15, -0.1) is 0 Å². The molecule has 7 heteroatoms. The standard InChI is InChI=1S/C26H26FN3O3/c27-22-13-5-4-12-21(22)24(25(31)29-17-19-9-2-1-3-10-19)30(18-20-11-8-16-33-20)26(32)23-14-6-7-15-28-23/h1-7,9-10,12-15,20,24H,8,11,16-18H2,(H,29,31). The number of nitrogens with zero attached hydrogens (tertiary/aromatic N) is 2. The molecule has 1 aliphatic rings. The highest BCUT2D eigenvalue weighted by molar-refractivity contribution is 5.96. The zero-order valence-corrected chi connectivity index (χ0v) is 18.2. The molecule has 4 rings (SSSR count). The summed E-state index contributed by atoms with van der Waals surface area (Å²) >= 11 is 0. The average Bonchev–Trinajstić information content (AvgIpc) is 3.37. The lowest BCUT2D eigenvalue weighted by Gasteiger charge is -2.33. The summed E-state index contributed by atoms with van der Waals surface area (Å²) in [6.45, 7) is 1.02. The number of benzene rings is 2. The summed E-state index contributed by atoms with van der Waals surface area (Å²) in [7, 11) is 0. The molecule has 1 fully saturated rings. The van der Waals surface area contributed by atoms with Gasteiger partial charge >= 0.3 is 0 Å². The number of pyridine rings is 1. The van der Waals surface area contributed by atoms with E-state index < -0.39 is 23.7 Å². The third-order valence-electron chi connectivity index (χ3n) is 5.64. The van der Waals surface area contributed by atoms with Gasteiger partial charge in [0.2, 0.25) is 5.91 Å². The van der Waals surface area contributed by atoms with Crippen LogP contribution in [0.3, 0.4) is 0 Å². The van der Waals surface area contributed by atoms with E-state index in [0.29, 0.717) is 6.61 Å². The quantitative estimate of drug-likeness (QED) is 0.569. The monoisotopic (exact) mass is 447 g/mol. The minimum absolute atomic E-state index is 0.130. The molecule has 2 unspecified atom stereocenters. The fraction of sp³-hybridized carbons (Fsp3) is 0.269. The maximum atomic E-state index is 14.9. The molecule has 2 aromatic carbocycles. The summed E-state index contributed by atoms with van der Waals surface area (Å²) in [5.74, 6) is -1.47. The minimum Gasteiger partial charge on any atom is -0.376 e. The largest absolute Gasteiger partial charge is 0.376 e. The van der Waals surface area contributed by atoms with Crippen LogP contribution in [0.25, 0.3) is 0 Å². The Kier molecular flexibility index (Phi) is 7.42. The molecule has 0 aliphatic carbocycles. The van der Waals surface area contributed by atoms with Gasteiger partial charge in [0.1, 0.15) is 17.6 Å². The van der Waals surface area contributed by atoms with E-state index >= 15 is 0 Å². The maximum absolute atomic E-state index is 14.9. The molecule has 2 amide bonds. The third-order valence-corrected chi connectivity index (χ3v) is 5.64. The van der Waals surface area contributed by atoms with E-state index in [9.17, 15) is 14.0 Å². The molecule has 6 nitrogen and oxygen atoms in total. The first-order valence-corrected chi connectivity index (χ1v) is 11.0. The van der Waals surface area contributed by atoms with E-state index in [0.717, 1.165) is 18.4 Å². The number of hydrogen-bond acceptors (Lipinski definition) is 4. The van der Waals surface area contributed by atoms with Gasteiger partial charge in [-0.25, -0.2) is 4.39 Å². The Balaban J connectivity index is 1.69. The minimum atomic E-state index is -1.17. The Hall–Kier alpha value is -3.58. The molecule has 1 saturated heterocycles. The van der Waals surface area contributed by atoms with E-state index in [1.807, 2.05) is 30.3 Å². The number of carbonyl (C=O) groups excluding carboxylic acids is 2. The number of nitrogens with one attached hydrogen (secondary N) is 1. The highest BCUT2D eigenvalue weighted by Crippen LogP contribution is 2.28. The van der Waals surface area contributed by atoms with Crippen LogP contribution in [-0.2, 0) is 16.1 Å². The van der Waals surface area contributed by atoms with Gasteiger partial charge in [0, 0.05) is 31.5 Å². The van der Waals surface area contributed by atoms with Crippen LogP contribution in [0.1, 0.15) is 40.5 Å². The van der Waals surface area contributed by atoms with Crippen molar-refractivity contribution in [2.75, 3.05) is 13.2 Å². The number of ether oxygens (including phenoxy) is 1. The molecule has 1 aliphatic heterocycles. The van der Waals surface area contributed by atoms with Crippen LogP contribution in [0.5, 0.6) is 0 Å². The molecule has 0 saturated carbocycles. The predicted octanol–water partition coefficient (Wildman–Crippen LogP) is 3.90. The van der Waals surface area contributed by atoms with Crippen LogP contribution in [0.4, 0.5) is 4.39 Å². The van der Waals surface area contributed by atoms with Gasteiger partial charge in [0.15, 0.2) is 0 Å². The number of halogens is 1. The molecule has 2 atom stereocenters. The molecule has 170 valence electrons. The van der Waals surface area contributed by atoms with Crippen molar-refractivity contribution in [1.82, 2.24) is 15.2 Å². The Morgan fingerprint density at radius 2 is 1.82 bits per heavy atom. The smallest absolute Gasteiger partial charge is 0.273 e. The molecule has 1 aromatic heterocycles. The van der Waals surface area contributed by atoms with E-state index in [-0.39, 0.29) is 30.5 Å². The summed E-state index contributed by atoms with van der Waals surface area (Å²) < 4.78 is 20.7. The molecule has 3 aromatic rings. The van der Waals surface area contributed by atoms with Crippen molar-refractivity contribution in [2.24, 2.45) is 0 Å². The van der Waals surface area contributed by atoms with Gasteiger partial charge in [-0.3, -0.25) is 14.6 Å². The molecule has 0 radical (unpaired) electrons. The number of aromatic nitrogens is 1. The normalized spacial score (nSPS) is 16.2. The van der Waals surface area contributed by atoms with Crippen LogP contribution in [-0.4, -0.2) is 41.0 Å². The second kappa shape index (κ2) is 10.8. The van der Waals surface area contributed by atoms with Crippen molar-refractivity contribution in [2.45, 2.75) is 31.5 Å². The highest BCUT2D eigenvalue weighted by Gasteiger charge is 2.36. The highest BCUT2D eigenvalue weighted by atomic mass is 19.1. The molecular formula is C26H26FN3O3. The molecule has 0 spiro atoms. The Labute approximate surface area is 192 Å². The molecular weight excluding hydrogens is 421 g/mol. The fourth-order valence-corrected chi connectivity index (χ4v) is 3.98. The lowest BCUT2D eigenvalue weighted by atomic mass is 10.0. The zero-order valence-electron chi connectivity index (χ0n) is 18.2. The molecule has 2 heterocycles. The van der Waals surface area contributed by atoms with Crippen molar-refractivity contribution >= 4 is 11.8 Å². The van der Waals surface area contributed by atoms with Gasteiger partial charge < -0.3 is 15.0 Å². The van der Waals surface area contributed by atoms with Gasteiger partial charge in [0.25, 0.3) is 5.91 Å². The SMILES string of the molecule is O=C(NCc1ccccc1)C(c1ccccc1F)N(CC1CCCO1)C(=O)c1ccccn1.